The summed E-state index contributed by atoms with van der Waals surface area (Å²) in [6.45, 7) is 0.768. The van der Waals surface area contributed by atoms with Gasteiger partial charge in [0.25, 0.3) is 0 Å². The fourth-order valence-corrected chi connectivity index (χ4v) is 7.24. The molecular formula is C40H35N3O2. The van der Waals surface area contributed by atoms with Crippen LogP contribution in [0.4, 0.5) is 0 Å². The first-order chi connectivity index (χ1) is 22.2. The zero-order chi connectivity index (χ0) is 30.2. The second kappa shape index (κ2) is 11.5. The van der Waals surface area contributed by atoms with Crippen LogP contribution in [-0.2, 0) is 10.3 Å². The average Bonchev–Trinajstić information content (AvgIpc) is 3.74. The number of aliphatic hydroxyl groups is 1. The summed E-state index contributed by atoms with van der Waals surface area (Å²) in [5.41, 5.74) is 6.27. The van der Waals surface area contributed by atoms with Gasteiger partial charge in [-0.3, -0.25) is 0 Å². The molecule has 0 saturated carbocycles. The van der Waals surface area contributed by atoms with Gasteiger partial charge in [0, 0.05) is 23.6 Å². The molecule has 1 aliphatic heterocycles. The van der Waals surface area contributed by atoms with Crippen LogP contribution in [0.25, 0.3) is 21.8 Å². The van der Waals surface area contributed by atoms with Gasteiger partial charge in [0.2, 0.25) is 0 Å². The number of hydrogen-bond acceptors (Lipinski definition) is 3. The van der Waals surface area contributed by atoms with Crippen molar-refractivity contribution >= 4 is 21.8 Å². The van der Waals surface area contributed by atoms with Crippen LogP contribution < -0.4 is 0 Å². The lowest BCUT2D eigenvalue weighted by atomic mass is 9.77. The number of aromatic nitrogens is 3. The van der Waals surface area contributed by atoms with E-state index in [1.165, 1.54) is 5.39 Å². The third-order valence-electron chi connectivity index (χ3n) is 9.34. The highest BCUT2D eigenvalue weighted by Crippen LogP contribution is 2.42. The predicted octanol–water partition coefficient (Wildman–Crippen LogP) is 8.61. The van der Waals surface area contributed by atoms with Gasteiger partial charge in [-0.05, 0) is 53.6 Å². The van der Waals surface area contributed by atoms with Crippen LogP contribution in [0, 0.1) is 0 Å². The lowest BCUT2D eigenvalue weighted by molar-refractivity contribution is -0.0267. The van der Waals surface area contributed by atoms with E-state index in [9.17, 15) is 5.11 Å². The van der Waals surface area contributed by atoms with Crippen LogP contribution in [-0.4, -0.2) is 25.8 Å². The monoisotopic (exact) mass is 589 g/mol. The molecule has 8 rings (SSSR count). The number of nitrogens with zero attached hydrogens (tertiary/aromatic N) is 3. The lowest BCUT2D eigenvalue weighted by Gasteiger charge is -2.37. The summed E-state index contributed by atoms with van der Waals surface area (Å²) in [5.74, 6) is 0. The SMILES string of the molecule is OC(c1ccc2c3ccccc3n(C3CCCCO3)c2c1)c1cn(C(c2ccccc2)(c2ccccc2)c2ccccc2)cn1. The van der Waals surface area contributed by atoms with Crippen molar-refractivity contribution in [3.05, 3.63) is 174 Å². The summed E-state index contributed by atoms with van der Waals surface area (Å²) in [7, 11) is 0. The lowest BCUT2D eigenvalue weighted by Crippen LogP contribution is -2.37. The van der Waals surface area contributed by atoms with E-state index in [-0.39, 0.29) is 6.23 Å². The average molecular weight is 590 g/mol. The Morgan fingerprint density at radius 3 is 1.91 bits per heavy atom. The zero-order valence-electron chi connectivity index (χ0n) is 25.0. The Balaban J connectivity index is 1.27. The molecule has 2 atom stereocenters. The Labute approximate surface area is 263 Å². The molecule has 7 aromatic rings. The first-order valence-corrected chi connectivity index (χ1v) is 15.8. The van der Waals surface area contributed by atoms with Crippen molar-refractivity contribution in [2.24, 2.45) is 0 Å². The number of rotatable bonds is 7. The second-order valence-corrected chi connectivity index (χ2v) is 11.9. The maximum Gasteiger partial charge on any atom is 0.134 e. The number of para-hydroxylation sites is 1. The number of imidazole rings is 1. The summed E-state index contributed by atoms with van der Waals surface area (Å²) in [4.78, 5) is 4.85. The fraction of sp³-hybridized carbons (Fsp3) is 0.175. The normalized spacial score (nSPS) is 16.2. The van der Waals surface area contributed by atoms with Gasteiger partial charge in [0.1, 0.15) is 17.9 Å². The summed E-state index contributed by atoms with van der Waals surface area (Å²) in [5, 5.41) is 14.3. The molecule has 1 aliphatic rings. The fourth-order valence-electron chi connectivity index (χ4n) is 7.24. The maximum atomic E-state index is 11.9. The first-order valence-electron chi connectivity index (χ1n) is 15.8. The van der Waals surface area contributed by atoms with E-state index in [0.29, 0.717) is 5.69 Å². The van der Waals surface area contributed by atoms with Crippen molar-refractivity contribution in [1.29, 1.82) is 0 Å². The van der Waals surface area contributed by atoms with E-state index < -0.39 is 11.6 Å². The van der Waals surface area contributed by atoms with Gasteiger partial charge < -0.3 is 19.0 Å². The molecule has 222 valence electrons. The third-order valence-corrected chi connectivity index (χ3v) is 9.34. The predicted molar refractivity (Wildman–Crippen MR) is 179 cm³/mol. The van der Waals surface area contributed by atoms with Crippen molar-refractivity contribution in [2.45, 2.75) is 37.1 Å². The molecule has 5 heteroatoms. The maximum absolute atomic E-state index is 11.9. The van der Waals surface area contributed by atoms with Gasteiger partial charge in [0.15, 0.2) is 0 Å². The van der Waals surface area contributed by atoms with Crippen LogP contribution >= 0.6 is 0 Å². The summed E-state index contributed by atoms with van der Waals surface area (Å²) in [6.07, 6.45) is 6.15. The molecule has 1 saturated heterocycles. The molecule has 0 bridgehead atoms. The van der Waals surface area contributed by atoms with E-state index in [2.05, 4.69) is 118 Å². The Bertz CT molecular complexity index is 1960. The van der Waals surface area contributed by atoms with Crippen molar-refractivity contribution in [2.75, 3.05) is 6.61 Å². The van der Waals surface area contributed by atoms with Gasteiger partial charge in [-0.2, -0.15) is 0 Å². The molecule has 3 heterocycles. The van der Waals surface area contributed by atoms with Crippen LogP contribution in [0.1, 0.15) is 59.5 Å². The largest absolute Gasteiger partial charge is 0.382 e. The smallest absolute Gasteiger partial charge is 0.134 e. The highest BCUT2D eigenvalue weighted by molar-refractivity contribution is 6.08. The number of hydrogen-bond donors (Lipinski definition) is 1. The number of fused-ring (bicyclic) bond motifs is 3. The Hall–Kier alpha value is -4.97. The number of aliphatic hydroxyl groups excluding tert-OH is 1. The van der Waals surface area contributed by atoms with Crippen LogP contribution in [0.15, 0.2) is 146 Å². The topological polar surface area (TPSA) is 52.2 Å². The quantitative estimate of drug-likeness (QED) is 0.189. The molecule has 2 aromatic heterocycles. The molecule has 1 N–H and O–H groups in total. The van der Waals surface area contributed by atoms with Gasteiger partial charge in [-0.15, -0.1) is 0 Å². The molecule has 0 amide bonds. The third kappa shape index (κ3) is 4.59. The van der Waals surface area contributed by atoms with E-state index in [1.807, 2.05) is 36.8 Å². The summed E-state index contributed by atoms with van der Waals surface area (Å²) in [6, 6.07) is 46.4. The standard InChI is InChI=1S/C40H35N3O2/c44-39(29-23-24-34-33-20-10-11-21-36(33)43(37(34)26-29)38-22-12-13-25-45-38)35-27-42(28-41-35)40(30-14-4-1-5-15-30,31-16-6-2-7-17-31)32-18-8-3-9-19-32/h1-11,14-21,23-24,26-28,38-39,44H,12-13,22,25H2. The van der Waals surface area contributed by atoms with E-state index in [0.717, 1.165) is 64.5 Å². The highest BCUT2D eigenvalue weighted by Gasteiger charge is 2.38. The van der Waals surface area contributed by atoms with Crippen molar-refractivity contribution < 1.29 is 9.84 Å². The van der Waals surface area contributed by atoms with E-state index >= 15 is 0 Å². The molecule has 0 radical (unpaired) electrons. The van der Waals surface area contributed by atoms with Crippen LogP contribution in [0.2, 0.25) is 0 Å². The van der Waals surface area contributed by atoms with Crippen molar-refractivity contribution in [1.82, 2.24) is 14.1 Å². The molecular weight excluding hydrogens is 554 g/mol. The molecule has 5 aromatic carbocycles. The molecule has 1 fully saturated rings. The van der Waals surface area contributed by atoms with Crippen LogP contribution in [0.3, 0.4) is 0 Å². The molecule has 0 aliphatic carbocycles. The Kier molecular flexibility index (Phi) is 7.05. The molecule has 0 spiro atoms. The number of ether oxygens (including phenoxy) is 1. The minimum Gasteiger partial charge on any atom is -0.382 e. The summed E-state index contributed by atoms with van der Waals surface area (Å²) < 4.78 is 10.7. The van der Waals surface area contributed by atoms with Crippen molar-refractivity contribution in [3.8, 4) is 0 Å². The highest BCUT2D eigenvalue weighted by atomic mass is 16.5. The Morgan fingerprint density at radius 2 is 1.29 bits per heavy atom. The number of benzene rings is 5. The minimum absolute atomic E-state index is 0.0176. The Morgan fingerprint density at radius 1 is 0.689 bits per heavy atom. The minimum atomic E-state index is -0.908. The van der Waals surface area contributed by atoms with E-state index in [4.69, 9.17) is 9.72 Å². The van der Waals surface area contributed by atoms with Gasteiger partial charge >= 0.3 is 0 Å². The van der Waals surface area contributed by atoms with E-state index in [1.54, 1.807) is 0 Å². The van der Waals surface area contributed by atoms with Crippen molar-refractivity contribution in [3.63, 3.8) is 0 Å². The molecule has 45 heavy (non-hydrogen) atoms. The first kappa shape index (κ1) is 27.6. The second-order valence-electron chi connectivity index (χ2n) is 11.9. The van der Waals surface area contributed by atoms with Gasteiger partial charge in [-0.25, -0.2) is 4.98 Å². The molecule has 5 nitrogen and oxygen atoms in total. The van der Waals surface area contributed by atoms with Crippen LogP contribution in [0.5, 0.6) is 0 Å². The van der Waals surface area contributed by atoms with Gasteiger partial charge in [0.05, 0.1) is 23.1 Å². The summed E-state index contributed by atoms with van der Waals surface area (Å²) >= 11 is 0. The zero-order valence-corrected chi connectivity index (χ0v) is 25.0. The van der Waals surface area contributed by atoms with Gasteiger partial charge in [-0.1, -0.05) is 121 Å². The molecule has 2 unspecified atom stereocenters.